The van der Waals surface area contributed by atoms with E-state index < -0.39 is 27.8 Å². The lowest BCUT2D eigenvalue weighted by Crippen LogP contribution is -2.46. The van der Waals surface area contributed by atoms with E-state index in [4.69, 9.17) is 16.2 Å². The number of unbranched alkanes of at least 4 members (excludes halogenated alkanes) is 1. The monoisotopic (exact) mass is 549 g/mol. The smallest absolute Gasteiger partial charge is 0.261 e. The van der Waals surface area contributed by atoms with Gasteiger partial charge in [-0.3, -0.25) is 20.3 Å². The molecular weight excluding hydrogens is 519 g/mol. The van der Waals surface area contributed by atoms with Crippen molar-refractivity contribution in [2.24, 2.45) is 4.99 Å². The summed E-state index contributed by atoms with van der Waals surface area (Å²) in [4.78, 5) is 18.6. The van der Waals surface area contributed by atoms with E-state index in [1.165, 1.54) is 48.5 Å². The number of nitrogens with zero attached hydrogens (tertiary/aromatic N) is 3. The van der Waals surface area contributed by atoms with Crippen LogP contribution in [0.25, 0.3) is 0 Å². The highest BCUT2D eigenvalue weighted by atomic mass is 32.2. The van der Waals surface area contributed by atoms with E-state index in [0.717, 1.165) is 0 Å². The van der Waals surface area contributed by atoms with E-state index in [2.05, 4.69) is 20.2 Å². The first-order chi connectivity index (χ1) is 18.8. The zero-order chi connectivity index (χ0) is 28.1. The van der Waals surface area contributed by atoms with Crippen molar-refractivity contribution in [3.8, 4) is 17.7 Å². The Labute approximate surface area is 221 Å². The lowest BCUT2D eigenvalue weighted by Gasteiger charge is -2.28. The van der Waals surface area contributed by atoms with Crippen LogP contribution >= 0.6 is 0 Å². The van der Waals surface area contributed by atoms with E-state index in [-0.39, 0.29) is 11.3 Å². The molecule has 0 spiro atoms. The highest BCUT2D eigenvalue weighted by Crippen LogP contribution is 2.23. The Hall–Kier alpha value is -3.77. The van der Waals surface area contributed by atoms with Crippen LogP contribution in [0.5, 0.6) is 11.5 Å². The standard InChI is InChI=1S/C24H29FN6O6S/c25-18-4-6-19(7-5-18)37-20-8-10-21(11-9-20)38(34,35)30-22(23(32)29-33)3-1-2-12-27-24(28-17-26)31-13-15-36-16-14-31/h4-11,22,30,33H,1-3,12-16H2,(H,27,28)(H,29,32)/t22-/m0/s1/i/hD. The summed E-state index contributed by atoms with van der Waals surface area (Å²) in [7, 11) is -4.12. The van der Waals surface area contributed by atoms with Gasteiger partial charge in [0, 0.05) is 19.6 Å². The molecule has 1 amide bonds. The van der Waals surface area contributed by atoms with Crippen LogP contribution in [0.15, 0.2) is 58.4 Å². The summed E-state index contributed by atoms with van der Waals surface area (Å²) in [6.07, 6.45) is 2.89. The van der Waals surface area contributed by atoms with Crippen LogP contribution < -0.4 is 20.3 Å². The van der Waals surface area contributed by atoms with Crippen LogP contribution in [-0.4, -0.2) is 69.3 Å². The Morgan fingerprint density at radius 3 is 2.47 bits per heavy atom. The van der Waals surface area contributed by atoms with Crippen molar-refractivity contribution in [3.63, 3.8) is 0 Å². The van der Waals surface area contributed by atoms with Gasteiger partial charge in [-0.2, -0.15) is 9.98 Å². The van der Waals surface area contributed by atoms with Crippen LogP contribution in [0.1, 0.15) is 19.3 Å². The number of guanidine groups is 1. The van der Waals surface area contributed by atoms with Gasteiger partial charge in [0.1, 0.15) is 23.4 Å². The number of rotatable bonds is 12. The molecule has 14 heteroatoms. The first-order valence-corrected chi connectivity index (χ1v) is 13.3. The molecule has 204 valence electrons. The van der Waals surface area contributed by atoms with E-state index in [0.29, 0.717) is 63.1 Å². The van der Waals surface area contributed by atoms with Gasteiger partial charge in [0.05, 0.1) is 18.1 Å². The number of halogens is 1. The van der Waals surface area contributed by atoms with E-state index in [1.807, 2.05) is 16.6 Å². The molecule has 3 rings (SSSR count). The maximum atomic E-state index is 13.1. The van der Waals surface area contributed by atoms with Gasteiger partial charge in [-0.05, 0) is 67.8 Å². The van der Waals surface area contributed by atoms with Gasteiger partial charge in [-0.15, -0.1) is 0 Å². The molecular formula is C24H29FN6O6S. The number of amides is 1. The third kappa shape index (κ3) is 8.67. The second kappa shape index (κ2) is 14.2. The molecule has 12 nitrogen and oxygen atoms in total. The molecule has 0 bridgehead atoms. The molecule has 1 aliphatic rings. The maximum absolute atomic E-state index is 13.1. The summed E-state index contributed by atoms with van der Waals surface area (Å²) in [5.74, 6) is -0.0908. The summed E-state index contributed by atoms with van der Waals surface area (Å²) in [6, 6.07) is 9.61. The number of carbonyl (C=O) groups is 1. The molecule has 1 aliphatic heterocycles. The molecule has 1 saturated heterocycles. The number of hydrogen-bond donors (Lipinski definition) is 4. The molecule has 4 N–H and O–H groups in total. The lowest BCUT2D eigenvalue weighted by molar-refractivity contribution is -0.131. The third-order valence-electron chi connectivity index (χ3n) is 5.54. The Kier molecular flexibility index (Phi) is 10.2. The minimum atomic E-state index is -4.12. The molecule has 0 saturated carbocycles. The van der Waals surface area contributed by atoms with Crippen LogP contribution in [0.2, 0.25) is 1.43 Å². The summed E-state index contributed by atoms with van der Waals surface area (Å²) in [5, 5.41) is 15.5. The maximum Gasteiger partial charge on any atom is 0.261 e. The Balaban J connectivity index is 1.58. The molecule has 38 heavy (non-hydrogen) atoms. The van der Waals surface area contributed by atoms with Crippen molar-refractivity contribution in [2.45, 2.75) is 30.2 Å². The van der Waals surface area contributed by atoms with Crippen LogP contribution in [0, 0.1) is 17.3 Å². The number of hydrogen-bond acceptors (Lipinski definition) is 8. The topological polar surface area (TPSA) is 165 Å². The first kappa shape index (κ1) is 27.3. The lowest BCUT2D eigenvalue weighted by atomic mass is 10.1. The number of sulfonamides is 1. The van der Waals surface area contributed by atoms with Gasteiger partial charge in [-0.1, -0.05) is 0 Å². The SMILES string of the molecule is [2H]ONC(=O)[C@H](CCCCN=C(NC#N)N1CCOCC1)NS(=O)(=O)c1ccc(Oc2ccc(F)cc2)cc1. The molecule has 1 atom stereocenters. The second-order valence-corrected chi connectivity index (χ2v) is 9.92. The predicted molar refractivity (Wildman–Crippen MR) is 134 cm³/mol. The first-order valence-electron chi connectivity index (χ1n) is 12.2. The van der Waals surface area contributed by atoms with Gasteiger partial charge in [0.15, 0.2) is 6.19 Å². The Morgan fingerprint density at radius 2 is 1.84 bits per heavy atom. The summed E-state index contributed by atoms with van der Waals surface area (Å²) >= 11 is 0. The number of ether oxygens (including phenoxy) is 2. The van der Waals surface area contributed by atoms with Gasteiger partial charge in [0.2, 0.25) is 17.4 Å². The van der Waals surface area contributed by atoms with Gasteiger partial charge >= 0.3 is 0 Å². The predicted octanol–water partition coefficient (Wildman–Crippen LogP) is 1.70. The average molecular weight is 550 g/mol. The van der Waals surface area contributed by atoms with Crippen LogP contribution in [0.4, 0.5) is 4.39 Å². The van der Waals surface area contributed by atoms with Crippen molar-refractivity contribution in [1.82, 2.24) is 20.4 Å². The highest BCUT2D eigenvalue weighted by Gasteiger charge is 2.25. The minimum absolute atomic E-state index is 0.105. The van der Waals surface area contributed by atoms with Crippen molar-refractivity contribution < 1.29 is 33.7 Å². The molecule has 1 fully saturated rings. The van der Waals surface area contributed by atoms with E-state index >= 15 is 0 Å². The summed E-state index contributed by atoms with van der Waals surface area (Å²) < 4.78 is 58.9. The number of benzene rings is 2. The molecule has 1 heterocycles. The number of nitriles is 1. The fraction of sp³-hybridized carbons (Fsp3) is 0.375. The highest BCUT2D eigenvalue weighted by molar-refractivity contribution is 7.89. The van der Waals surface area contributed by atoms with Crippen molar-refractivity contribution in [3.05, 3.63) is 54.3 Å². The largest absolute Gasteiger partial charge is 0.457 e. The third-order valence-corrected chi connectivity index (χ3v) is 7.03. The van der Waals surface area contributed by atoms with Gasteiger partial charge < -0.3 is 14.4 Å². The zero-order valence-corrected chi connectivity index (χ0v) is 21.2. The zero-order valence-electron chi connectivity index (χ0n) is 21.4. The van der Waals surface area contributed by atoms with Crippen molar-refractivity contribution in [2.75, 3.05) is 32.8 Å². The van der Waals surface area contributed by atoms with E-state index in [9.17, 15) is 17.6 Å². The fourth-order valence-corrected chi connectivity index (χ4v) is 4.81. The van der Waals surface area contributed by atoms with Crippen molar-refractivity contribution in [1.29, 1.82) is 5.26 Å². The van der Waals surface area contributed by atoms with Crippen LogP contribution in [-0.2, 0) is 19.6 Å². The fourth-order valence-electron chi connectivity index (χ4n) is 3.58. The summed E-state index contributed by atoms with van der Waals surface area (Å²) in [5.41, 5.74) is 1.84. The molecule has 0 aliphatic carbocycles. The number of hydroxylamine groups is 1. The van der Waals surface area contributed by atoms with Crippen LogP contribution in [0.3, 0.4) is 0 Å². The normalized spacial score (nSPS) is 15.2. The van der Waals surface area contributed by atoms with E-state index in [1.54, 1.807) is 0 Å². The average Bonchev–Trinajstić information content (AvgIpc) is 2.94. The molecule has 2 aromatic rings. The number of aliphatic imine (C=N–C) groups is 1. The van der Waals surface area contributed by atoms with Gasteiger partial charge in [-0.25, -0.2) is 18.3 Å². The number of nitrogens with one attached hydrogen (secondary N) is 3. The Morgan fingerprint density at radius 1 is 1.18 bits per heavy atom. The minimum Gasteiger partial charge on any atom is -0.457 e. The molecule has 2 aromatic carbocycles. The molecule has 0 unspecified atom stereocenters. The van der Waals surface area contributed by atoms with Crippen molar-refractivity contribution >= 4 is 21.9 Å². The Bertz CT molecular complexity index is 1250. The molecule has 0 aromatic heterocycles. The quantitative estimate of drug-likeness (QED) is 0.0586. The summed E-state index contributed by atoms with van der Waals surface area (Å²) in [6.45, 7) is 2.61. The number of morpholine rings is 1. The molecule has 0 radical (unpaired) electrons. The number of carbonyl (C=O) groups excluding carboxylic acids is 1. The second-order valence-electron chi connectivity index (χ2n) is 8.20. The van der Waals surface area contributed by atoms with Gasteiger partial charge in [0.25, 0.3) is 5.91 Å².